The van der Waals surface area contributed by atoms with Gasteiger partial charge in [-0.1, -0.05) is 23.2 Å². The minimum absolute atomic E-state index is 0.0673. The summed E-state index contributed by atoms with van der Waals surface area (Å²) in [6.45, 7) is 2.17. The van der Waals surface area contributed by atoms with Crippen molar-refractivity contribution in [3.8, 4) is 0 Å². The molecule has 0 aliphatic heterocycles. The van der Waals surface area contributed by atoms with Crippen molar-refractivity contribution in [3.05, 3.63) is 56.5 Å². The Kier molecular flexibility index (Phi) is 3.99. The standard InChI is InChI=1S/C13H11ClFNOS/c1-8-2-4-11(15)10(6-8)13(17)16-7-9-3-5-12(14)18-9/h2-6H,7H2,1H3,(H,16,17). The largest absolute Gasteiger partial charge is 0.347 e. The fraction of sp³-hybridized carbons (Fsp3) is 0.154. The van der Waals surface area contributed by atoms with Gasteiger partial charge in [-0.2, -0.15) is 0 Å². The maximum atomic E-state index is 13.5. The quantitative estimate of drug-likeness (QED) is 0.912. The number of rotatable bonds is 3. The van der Waals surface area contributed by atoms with Crippen molar-refractivity contribution in [1.82, 2.24) is 5.32 Å². The van der Waals surface area contributed by atoms with Crippen LogP contribution in [0.5, 0.6) is 0 Å². The molecule has 18 heavy (non-hydrogen) atoms. The Hall–Kier alpha value is -1.39. The zero-order valence-corrected chi connectivity index (χ0v) is 11.2. The number of amides is 1. The van der Waals surface area contributed by atoms with Crippen LogP contribution in [0.1, 0.15) is 20.8 Å². The van der Waals surface area contributed by atoms with Crippen LogP contribution >= 0.6 is 22.9 Å². The molecule has 1 heterocycles. The molecule has 0 fully saturated rings. The van der Waals surface area contributed by atoms with E-state index in [9.17, 15) is 9.18 Å². The lowest BCUT2D eigenvalue weighted by molar-refractivity contribution is 0.0947. The molecule has 0 aliphatic rings. The summed E-state index contributed by atoms with van der Waals surface area (Å²) >= 11 is 7.17. The van der Waals surface area contributed by atoms with E-state index in [2.05, 4.69) is 5.32 Å². The highest BCUT2D eigenvalue weighted by Crippen LogP contribution is 2.21. The van der Waals surface area contributed by atoms with Crippen LogP contribution in [-0.2, 0) is 6.54 Å². The van der Waals surface area contributed by atoms with E-state index in [4.69, 9.17) is 11.6 Å². The maximum Gasteiger partial charge on any atom is 0.254 e. The number of benzene rings is 1. The van der Waals surface area contributed by atoms with Crippen LogP contribution in [-0.4, -0.2) is 5.91 Å². The first-order valence-corrected chi connectivity index (χ1v) is 6.54. The van der Waals surface area contributed by atoms with Gasteiger partial charge in [0, 0.05) is 4.88 Å². The van der Waals surface area contributed by atoms with Gasteiger partial charge in [-0.25, -0.2) is 4.39 Å². The van der Waals surface area contributed by atoms with Crippen molar-refractivity contribution < 1.29 is 9.18 Å². The molecule has 2 aromatic rings. The number of carbonyl (C=O) groups excluding carboxylic acids is 1. The number of halogens is 2. The highest BCUT2D eigenvalue weighted by Gasteiger charge is 2.11. The van der Waals surface area contributed by atoms with Gasteiger partial charge in [0.25, 0.3) is 5.91 Å². The fourth-order valence-corrected chi connectivity index (χ4v) is 2.55. The first-order chi connectivity index (χ1) is 8.56. The third-order valence-corrected chi connectivity index (χ3v) is 3.65. The number of hydrogen-bond donors (Lipinski definition) is 1. The van der Waals surface area contributed by atoms with Gasteiger partial charge in [-0.15, -0.1) is 11.3 Å². The van der Waals surface area contributed by atoms with E-state index < -0.39 is 11.7 Å². The predicted octanol–water partition coefficient (Wildman–Crippen LogP) is 3.78. The molecule has 0 radical (unpaired) electrons. The zero-order chi connectivity index (χ0) is 13.1. The summed E-state index contributed by atoms with van der Waals surface area (Å²) in [5, 5.41) is 2.67. The molecule has 1 aromatic heterocycles. The van der Waals surface area contributed by atoms with E-state index in [-0.39, 0.29) is 5.56 Å². The Morgan fingerprint density at radius 1 is 1.39 bits per heavy atom. The van der Waals surface area contributed by atoms with Crippen molar-refractivity contribution in [3.63, 3.8) is 0 Å². The van der Waals surface area contributed by atoms with Crippen molar-refractivity contribution in [2.75, 3.05) is 0 Å². The molecular weight excluding hydrogens is 273 g/mol. The summed E-state index contributed by atoms with van der Waals surface area (Å²) in [6, 6.07) is 8.06. The van der Waals surface area contributed by atoms with Crippen LogP contribution in [0.15, 0.2) is 30.3 Å². The van der Waals surface area contributed by atoms with E-state index in [1.807, 2.05) is 13.0 Å². The second kappa shape index (κ2) is 5.50. The van der Waals surface area contributed by atoms with Gasteiger partial charge in [0.1, 0.15) is 5.82 Å². The van der Waals surface area contributed by atoms with Gasteiger partial charge in [-0.3, -0.25) is 4.79 Å². The number of carbonyl (C=O) groups is 1. The van der Waals surface area contributed by atoms with Crippen LogP contribution in [0.2, 0.25) is 4.34 Å². The number of hydrogen-bond acceptors (Lipinski definition) is 2. The normalized spacial score (nSPS) is 10.4. The van der Waals surface area contributed by atoms with E-state index in [1.165, 1.54) is 23.5 Å². The molecule has 0 saturated heterocycles. The monoisotopic (exact) mass is 283 g/mol. The average Bonchev–Trinajstić information content (AvgIpc) is 2.75. The molecule has 0 atom stereocenters. The van der Waals surface area contributed by atoms with Crippen molar-refractivity contribution in [2.45, 2.75) is 13.5 Å². The molecule has 5 heteroatoms. The highest BCUT2D eigenvalue weighted by atomic mass is 35.5. The first kappa shape index (κ1) is 13.1. The Balaban J connectivity index is 2.05. The van der Waals surface area contributed by atoms with Crippen molar-refractivity contribution in [1.29, 1.82) is 0 Å². The smallest absolute Gasteiger partial charge is 0.254 e. The van der Waals surface area contributed by atoms with E-state index in [0.717, 1.165) is 10.4 Å². The molecule has 0 unspecified atom stereocenters. The van der Waals surface area contributed by atoms with E-state index in [1.54, 1.807) is 12.1 Å². The van der Waals surface area contributed by atoms with Crippen LogP contribution < -0.4 is 5.32 Å². The van der Waals surface area contributed by atoms with Gasteiger partial charge in [0.2, 0.25) is 0 Å². The minimum Gasteiger partial charge on any atom is -0.347 e. The van der Waals surface area contributed by atoms with Crippen molar-refractivity contribution >= 4 is 28.8 Å². The van der Waals surface area contributed by atoms with Gasteiger partial charge in [0.05, 0.1) is 16.4 Å². The maximum absolute atomic E-state index is 13.5. The summed E-state index contributed by atoms with van der Waals surface area (Å²) < 4.78 is 14.1. The van der Waals surface area contributed by atoms with E-state index in [0.29, 0.717) is 10.9 Å². The molecule has 1 N–H and O–H groups in total. The van der Waals surface area contributed by atoms with Crippen LogP contribution in [0.25, 0.3) is 0 Å². The van der Waals surface area contributed by atoms with Gasteiger partial charge in [-0.05, 0) is 31.2 Å². The lowest BCUT2D eigenvalue weighted by Crippen LogP contribution is -2.23. The molecule has 0 aliphatic carbocycles. The third-order valence-electron chi connectivity index (χ3n) is 2.42. The Morgan fingerprint density at radius 3 is 2.83 bits per heavy atom. The summed E-state index contributed by atoms with van der Waals surface area (Å²) in [6.07, 6.45) is 0. The second-order valence-corrected chi connectivity index (χ2v) is 5.67. The van der Waals surface area contributed by atoms with Gasteiger partial charge < -0.3 is 5.32 Å². The molecule has 2 nitrogen and oxygen atoms in total. The molecule has 0 bridgehead atoms. The number of thiophene rings is 1. The lowest BCUT2D eigenvalue weighted by atomic mass is 10.1. The van der Waals surface area contributed by atoms with Crippen LogP contribution in [0, 0.1) is 12.7 Å². The summed E-state index contributed by atoms with van der Waals surface area (Å²) in [5.74, 6) is -0.928. The molecule has 1 aromatic carbocycles. The molecule has 94 valence electrons. The predicted molar refractivity (Wildman–Crippen MR) is 71.6 cm³/mol. The minimum atomic E-state index is -0.512. The Labute approximate surface area is 113 Å². The van der Waals surface area contributed by atoms with Gasteiger partial charge in [0.15, 0.2) is 0 Å². The van der Waals surface area contributed by atoms with Crippen LogP contribution in [0.3, 0.4) is 0 Å². The number of aryl methyl sites for hydroxylation is 1. The molecule has 0 spiro atoms. The summed E-state index contributed by atoms with van der Waals surface area (Å²) in [5.41, 5.74) is 0.915. The molecule has 1 amide bonds. The third kappa shape index (κ3) is 3.09. The molecule has 0 saturated carbocycles. The second-order valence-electron chi connectivity index (χ2n) is 3.87. The lowest BCUT2D eigenvalue weighted by Gasteiger charge is -2.05. The molecular formula is C13H11ClFNOS. The number of nitrogens with one attached hydrogen (secondary N) is 1. The summed E-state index contributed by atoms with van der Waals surface area (Å²) in [7, 11) is 0. The SMILES string of the molecule is Cc1ccc(F)c(C(=O)NCc2ccc(Cl)s2)c1. The Bertz CT molecular complexity index is 582. The first-order valence-electron chi connectivity index (χ1n) is 5.35. The summed E-state index contributed by atoms with van der Waals surface area (Å²) in [4.78, 5) is 12.8. The fourth-order valence-electron chi connectivity index (χ4n) is 1.52. The zero-order valence-electron chi connectivity index (χ0n) is 9.67. The highest BCUT2D eigenvalue weighted by molar-refractivity contribution is 7.16. The van der Waals surface area contributed by atoms with Crippen molar-refractivity contribution in [2.24, 2.45) is 0 Å². The average molecular weight is 284 g/mol. The van der Waals surface area contributed by atoms with Crippen LogP contribution in [0.4, 0.5) is 4.39 Å². The Morgan fingerprint density at radius 2 is 2.17 bits per heavy atom. The van der Waals surface area contributed by atoms with Gasteiger partial charge >= 0.3 is 0 Å². The topological polar surface area (TPSA) is 29.1 Å². The molecule has 2 rings (SSSR count). The van der Waals surface area contributed by atoms with E-state index >= 15 is 0 Å².